The van der Waals surface area contributed by atoms with Crippen LogP contribution in [-0.2, 0) is 9.53 Å². The number of carbonyl (C=O) groups is 1. The van der Waals surface area contributed by atoms with Gasteiger partial charge >= 0.3 is 0 Å². The molecular formula is C17H22ClNO2. The third kappa shape index (κ3) is 5.18. The van der Waals surface area contributed by atoms with Crippen molar-refractivity contribution in [3.63, 3.8) is 0 Å². The predicted octanol–water partition coefficient (Wildman–Crippen LogP) is 3.63. The van der Waals surface area contributed by atoms with Gasteiger partial charge in [0.1, 0.15) is 0 Å². The molecule has 0 N–H and O–H groups in total. The van der Waals surface area contributed by atoms with E-state index in [4.69, 9.17) is 16.3 Å². The van der Waals surface area contributed by atoms with Gasteiger partial charge in [0.15, 0.2) is 0 Å². The molecule has 1 aliphatic heterocycles. The minimum Gasteiger partial charge on any atom is -0.378 e. The molecule has 1 aromatic rings. The molecule has 1 heterocycles. The van der Waals surface area contributed by atoms with Gasteiger partial charge in [0.25, 0.3) is 0 Å². The average Bonchev–Trinajstić information content (AvgIpc) is 2.53. The normalized spacial score (nSPS) is 17.1. The lowest BCUT2D eigenvalue weighted by atomic mass is 9.99. The Bertz CT molecular complexity index is 478. The van der Waals surface area contributed by atoms with Crippen molar-refractivity contribution in [1.82, 2.24) is 4.90 Å². The number of nitrogens with zero attached hydrogens (tertiary/aromatic N) is 1. The van der Waals surface area contributed by atoms with Crippen molar-refractivity contribution >= 4 is 23.6 Å². The molecule has 0 aliphatic carbocycles. The summed E-state index contributed by atoms with van der Waals surface area (Å²) in [5.74, 6) is 0.502. The maximum atomic E-state index is 12.2. The number of amides is 1. The molecule has 0 radical (unpaired) electrons. The van der Waals surface area contributed by atoms with Gasteiger partial charge in [-0.15, -0.1) is 0 Å². The number of allylic oxidation sites excluding steroid dienone is 1. The second kappa shape index (κ2) is 8.20. The summed E-state index contributed by atoms with van der Waals surface area (Å²) in [6.07, 6.45) is 5.72. The van der Waals surface area contributed by atoms with E-state index in [-0.39, 0.29) is 11.8 Å². The lowest BCUT2D eigenvalue weighted by Gasteiger charge is -2.27. The van der Waals surface area contributed by atoms with Gasteiger partial charge in [-0.1, -0.05) is 42.8 Å². The maximum absolute atomic E-state index is 12.2. The van der Waals surface area contributed by atoms with Crippen LogP contribution in [0.15, 0.2) is 30.3 Å². The Kier molecular flexibility index (Phi) is 6.27. The highest BCUT2D eigenvalue weighted by atomic mass is 35.5. The number of rotatable bonds is 5. The molecule has 21 heavy (non-hydrogen) atoms. The number of carbonyl (C=O) groups excluding carboxylic acids is 1. The summed E-state index contributed by atoms with van der Waals surface area (Å²) in [4.78, 5) is 14.1. The summed E-state index contributed by atoms with van der Waals surface area (Å²) in [6, 6.07) is 7.72. The SMILES string of the molecule is CCC(C=Cc1ccc(Cl)cc1)CC(=O)N1CCOCC1. The van der Waals surface area contributed by atoms with E-state index in [1.807, 2.05) is 29.2 Å². The van der Waals surface area contributed by atoms with Crippen molar-refractivity contribution in [3.8, 4) is 0 Å². The van der Waals surface area contributed by atoms with Crippen LogP contribution in [0.4, 0.5) is 0 Å². The molecular weight excluding hydrogens is 286 g/mol. The molecule has 1 atom stereocenters. The van der Waals surface area contributed by atoms with Crippen molar-refractivity contribution < 1.29 is 9.53 Å². The molecule has 1 amide bonds. The number of hydrogen-bond acceptors (Lipinski definition) is 2. The van der Waals surface area contributed by atoms with Crippen LogP contribution >= 0.6 is 11.6 Å². The number of morpholine rings is 1. The first-order valence-electron chi connectivity index (χ1n) is 7.48. The Balaban J connectivity index is 1.89. The van der Waals surface area contributed by atoms with E-state index in [2.05, 4.69) is 19.1 Å². The van der Waals surface area contributed by atoms with Gasteiger partial charge in [-0.3, -0.25) is 4.79 Å². The van der Waals surface area contributed by atoms with Gasteiger partial charge in [-0.25, -0.2) is 0 Å². The van der Waals surface area contributed by atoms with Crippen LogP contribution < -0.4 is 0 Å². The fraction of sp³-hybridized carbons (Fsp3) is 0.471. The number of halogens is 1. The Morgan fingerprint density at radius 3 is 2.62 bits per heavy atom. The minimum atomic E-state index is 0.228. The van der Waals surface area contributed by atoms with Crippen LogP contribution in [0, 0.1) is 5.92 Å². The first kappa shape index (κ1) is 16.1. The van der Waals surface area contributed by atoms with Crippen LogP contribution in [0.3, 0.4) is 0 Å². The summed E-state index contributed by atoms with van der Waals surface area (Å²) in [6.45, 7) is 4.86. The van der Waals surface area contributed by atoms with E-state index in [9.17, 15) is 4.79 Å². The fourth-order valence-electron chi connectivity index (χ4n) is 2.34. The van der Waals surface area contributed by atoms with E-state index in [1.165, 1.54) is 0 Å². The Morgan fingerprint density at radius 2 is 2.00 bits per heavy atom. The molecule has 1 saturated heterocycles. The van der Waals surface area contributed by atoms with Gasteiger partial charge in [-0.05, 0) is 30.0 Å². The molecule has 0 aromatic heterocycles. The summed E-state index contributed by atoms with van der Waals surface area (Å²) >= 11 is 5.87. The minimum absolute atomic E-state index is 0.228. The Labute approximate surface area is 131 Å². The lowest BCUT2D eigenvalue weighted by Crippen LogP contribution is -2.41. The van der Waals surface area contributed by atoms with Crippen LogP contribution in [-0.4, -0.2) is 37.1 Å². The van der Waals surface area contributed by atoms with Gasteiger partial charge in [0.05, 0.1) is 13.2 Å². The molecule has 114 valence electrons. The average molecular weight is 308 g/mol. The second-order valence-electron chi connectivity index (χ2n) is 5.28. The third-order valence-corrected chi connectivity index (χ3v) is 4.01. The van der Waals surface area contributed by atoms with E-state index in [0.29, 0.717) is 19.6 Å². The largest absolute Gasteiger partial charge is 0.378 e. The Hall–Kier alpha value is -1.32. The van der Waals surface area contributed by atoms with Crippen LogP contribution in [0.1, 0.15) is 25.3 Å². The Morgan fingerprint density at radius 1 is 1.33 bits per heavy atom. The van der Waals surface area contributed by atoms with Gasteiger partial charge in [0.2, 0.25) is 5.91 Å². The lowest BCUT2D eigenvalue weighted by molar-refractivity contribution is -0.135. The highest BCUT2D eigenvalue weighted by Gasteiger charge is 2.18. The van der Waals surface area contributed by atoms with Crippen molar-refractivity contribution in [2.24, 2.45) is 5.92 Å². The summed E-state index contributed by atoms with van der Waals surface area (Å²) in [7, 11) is 0. The number of benzene rings is 1. The molecule has 1 fully saturated rings. The zero-order chi connectivity index (χ0) is 15.1. The molecule has 0 saturated carbocycles. The summed E-state index contributed by atoms with van der Waals surface area (Å²) in [5, 5.41) is 0.738. The van der Waals surface area contributed by atoms with Crippen molar-refractivity contribution in [2.75, 3.05) is 26.3 Å². The van der Waals surface area contributed by atoms with E-state index in [1.54, 1.807) is 0 Å². The van der Waals surface area contributed by atoms with Crippen molar-refractivity contribution in [1.29, 1.82) is 0 Å². The number of hydrogen-bond donors (Lipinski definition) is 0. The molecule has 2 rings (SSSR count). The molecule has 0 bridgehead atoms. The first-order chi connectivity index (χ1) is 10.2. The zero-order valence-electron chi connectivity index (χ0n) is 12.4. The van der Waals surface area contributed by atoms with E-state index < -0.39 is 0 Å². The molecule has 3 nitrogen and oxygen atoms in total. The van der Waals surface area contributed by atoms with E-state index in [0.717, 1.165) is 30.1 Å². The molecule has 0 spiro atoms. The van der Waals surface area contributed by atoms with Crippen molar-refractivity contribution in [3.05, 3.63) is 40.9 Å². The predicted molar refractivity (Wildman–Crippen MR) is 86.3 cm³/mol. The fourth-order valence-corrected chi connectivity index (χ4v) is 2.46. The standard InChI is InChI=1S/C17H22ClNO2/c1-2-14(3-4-15-5-7-16(18)8-6-15)13-17(20)19-9-11-21-12-10-19/h3-8,14H,2,9-13H2,1H3. The van der Waals surface area contributed by atoms with Gasteiger partial charge < -0.3 is 9.64 Å². The third-order valence-electron chi connectivity index (χ3n) is 3.76. The maximum Gasteiger partial charge on any atom is 0.223 e. The number of ether oxygens (including phenoxy) is 1. The van der Waals surface area contributed by atoms with Crippen LogP contribution in [0.5, 0.6) is 0 Å². The molecule has 4 heteroatoms. The van der Waals surface area contributed by atoms with E-state index >= 15 is 0 Å². The van der Waals surface area contributed by atoms with Crippen molar-refractivity contribution in [2.45, 2.75) is 19.8 Å². The monoisotopic (exact) mass is 307 g/mol. The molecule has 1 aliphatic rings. The van der Waals surface area contributed by atoms with Gasteiger partial charge in [-0.2, -0.15) is 0 Å². The topological polar surface area (TPSA) is 29.5 Å². The second-order valence-corrected chi connectivity index (χ2v) is 5.71. The summed E-state index contributed by atoms with van der Waals surface area (Å²) < 4.78 is 5.28. The highest BCUT2D eigenvalue weighted by Crippen LogP contribution is 2.16. The summed E-state index contributed by atoms with van der Waals surface area (Å²) in [5.41, 5.74) is 1.11. The smallest absolute Gasteiger partial charge is 0.223 e. The zero-order valence-corrected chi connectivity index (χ0v) is 13.2. The van der Waals surface area contributed by atoms with Crippen LogP contribution in [0.2, 0.25) is 5.02 Å². The van der Waals surface area contributed by atoms with Crippen LogP contribution in [0.25, 0.3) is 6.08 Å². The first-order valence-corrected chi connectivity index (χ1v) is 7.86. The van der Waals surface area contributed by atoms with Gasteiger partial charge in [0, 0.05) is 24.5 Å². The molecule has 1 unspecified atom stereocenters. The quantitative estimate of drug-likeness (QED) is 0.831. The molecule has 1 aromatic carbocycles. The highest BCUT2D eigenvalue weighted by molar-refractivity contribution is 6.30.